The highest BCUT2D eigenvalue weighted by atomic mass is 35.5. The first kappa shape index (κ1) is 23.5. The first-order chi connectivity index (χ1) is 9.20. The summed E-state index contributed by atoms with van der Waals surface area (Å²) in [5.41, 5.74) is 1.22. The zero-order valence-corrected chi connectivity index (χ0v) is 12.9. The highest BCUT2D eigenvalue weighted by Crippen LogP contribution is 1.98. The van der Waals surface area contributed by atoms with E-state index in [2.05, 4.69) is 29.2 Å². The number of cyclic esters (lactones) is 2. The van der Waals surface area contributed by atoms with Gasteiger partial charge in [-0.2, -0.15) is 0 Å². The lowest BCUT2D eigenvalue weighted by Gasteiger charge is -1.83. The van der Waals surface area contributed by atoms with Crippen molar-refractivity contribution in [2.45, 2.75) is 6.92 Å². The van der Waals surface area contributed by atoms with E-state index in [0.717, 1.165) is 18.4 Å². The summed E-state index contributed by atoms with van der Waals surface area (Å²) in [6.45, 7) is 10.7. The fraction of sp³-hybridized carbons (Fsp3) is 0.0833. The highest BCUT2D eigenvalue weighted by Gasteiger charge is 2.10. The van der Waals surface area contributed by atoms with E-state index < -0.39 is 11.9 Å². The molecular formula is C12H13Cl3O5. The number of rotatable bonds is 1. The molecule has 8 heteroatoms. The molecule has 20 heavy (non-hydrogen) atoms. The number of halogens is 3. The molecular weight excluding hydrogens is 330 g/mol. The fourth-order valence-corrected chi connectivity index (χ4v) is 0.421. The van der Waals surface area contributed by atoms with E-state index in [9.17, 15) is 14.4 Å². The summed E-state index contributed by atoms with van der Waals surface area (Å²) in [5, 5.41) is 0. The van der Waals surface area contributed by atoms with Crippen molar-refractivity contribution in [3.8, 4) is 0 Å². The van der Waals surface area contributed by atoms with Crippen molar-refractivity contribution < 1.29 is 23.9 Å². The first-order valence-electron chi connectivity index (χ1n) is 4.64. The zero-order valence-electron chi connectivity index (χ0n) is 10.6. The first-order valence-corrected chi connectivity index (χ1v) is 5.83. The van der Waals surface area contributed by atoms with Gasteiger partial charge in [0.15, 0.2) is 0 Å². The van der Waals surface area contributed by atoms with Crippen molar-refractivity contribution in [1.29, 1.82) is 0 Å². The maximum absolute atomic E-state index is 9.92. The molecule has 0 radical (unpaired) electrons. The third-order valence-corrected chi connectivity index (χ3v) is 0.806. The van der Waals surface area contributed by atoms with Gasteiger partial charge in [0.2, 0.25) is 0 Å². The van der Waals surface area contributed by atoms with Crippen molar-refractivity contribution in [2.75, 3.05) is 0 Å². The van der Waals surface area contributed by atoms with Gasteiger partial charge in [-0.1, -0.05) is 54.5 Å². The van der Waals surface area contributed by atoms with Crippen molar-refractivity contribution in [3.63, 3.8) is 0 Å². The zero-order chi connectivity index (χ0) is 16.6. The lowest BCUT2D eigenvalue weighted by Crippen LogP contribution is -1.96. The number of hydrogen-bond acceptors (Lipinski definition) is 5. The Bertz CT molecular complexity index is 369. The molecule has 1 aliphatic rings. The molecule has 0 spiro atoms. The van der Waals surface area contributed by atoms with Crippen LogP contribution in [0.15, 0.2) is 48.2 Å². The van der Waals surface area contributed by atoms with Gasteiger partial charge in [0.25, 0.3) is 0 Å². The standard InChI is InChI=1S/C4H2O3.C4H6O2.C2H2Cl2.C2H3Cl/c5-3-1-2-4(6)7-3;1-3-6-4(2)5;1-2(3)4;1-2-3/h1-2H;3H,1H2,2H3;1H2;2H,1H2. The second-order valence-electron chi connectivity index (χ2n) is 2.34. The lowest BCUT2D eigenvalue weighted by atomic mass is 10.6. The summed E-state index contributed by atoms with van der Waals surface area (Å²) < 4.78 is 8.25. The van der Waals surface area contributed by atoms with E-state index in [1.807, 2.05) is 0 Å². The predicted octanol–water partition coefficient (Wildman–Crippen LogP) is 3.62. The molecule has 0 unspecified atom stereocenters. The van der Waals surface area contributed by atoms with Crippen molar-refractivity contribution in [2.24, 2.45) is 0 Å². The predicted molar refractivity (Wildman–Crippen MR) is 79.1 cm³/mol. The van der Waals surface area contributed by atoms with Gasteiger partial charge in [0.1, 0.15) is 0 Å². The molecule has 0 saturated carbocycles. The van der Waals surface area contributed by atoms with Gasteiger partial charge >= 0.3 is 17.9 Å². The summed E-state index contributed by atoms with van der Waals surface area (Å²) in [4.78, 5) is 29.6. The van der Waals surface area contributed by atoms with Crippen molar-refractivity contribution >= 4 is 52.7 Å². The van der Waals surface area contributed by atoms with E-state index in [1.165, 1.54) is 12.5 Å². The van der Waals surface area contributed by atoms with Crippen LogP contribution < -0.4 is 0 Å². The second-order valence-corrected chi connectivity index (χ2v) is 3.76. The highest BCUT2D eigenvalue weighted by molar-refractivity contribution is 6.55. The Labute approximate surface area is 132 Å². The maximum Gasteiger partial charge on any atom is 0.338 e. The molecule has 5 nitrogen and oxygen atoms in total. The van der Waals surface area contributed by atoms with Crippen LogP contribution in [-0.4, -0.2) is 17.9 Å². The van der Waals surface area contributed by atoms with Gasteiger partial charge in [-0.3, -0.25) is 4.79 Å². The molecule has 1 rings (SSSR count). The number of esters is 3. The fourth-order valence-electron chi connectivity index (χ4n) is 0.421. The van der Waals surface area contributed by atoms with Crippen LogP contribution in [0.25, 0.3) is 0 Å². The summed E-state index contributed by atoms with van der Waals surface area (Å²) in [6.07, 6.45) is 3.27. The summed E-state index contributed by atoms with van der Waals surface area (Å²) >= 11 is 14.5. The molecule has 0 N–H and O–H groups in total. The molecule has 0 saturated heterocycles. The molecule has 0 amide bonds. The summed E-state index contributed by atoms with van der Waals surface area (Å²) in [7, 11) is 0. The average Bonchev–Trinajstić information content (AvgIpc) is 2.63. The van der Waals surface area contributed by atoms with E-state index in [4.69, 9.17) is 34.8 Å². The van der Waals surface area contributed by atoms with Gasteiger partial charge in [-0.15, -0.1) is 0 Å². The normalized spacial score (nSPS) is 10.2. The maximum atomic E-state index is 9.92. The number of carbonyl (C=O) groups excluding carboxylic acids is 3. The van der Waals surface area contributed by atoms with E-state index in [0.29, 0.717) is 0 Å². The molecule has 0 aromatic carbocycles. The van der Waals surface area contributed by atoms with Crippen LogP contribution in [0.1, 0.15) is 6.92 Å². The third-order valence-electron chi connectivity index (χ3n) is 0.806. The minimum Gasteiger partial charge on any atom is -0.435 e. The topological polar surface area (TPSA) is 69.7 Å². The Morgan fingerprint density at radius 2 is 1.55 bits per heavy atom. The lowest BCUT2D eigenvalue weighted by molar-refractivity contribution is -0.150. The van der Waals surface area contributed by atoms with Crippen LogP contribution in [0.5, 0.6) is 0 Å². The molecule has 0 atom stereocenters. The van der Waals surface area contributed by atoms with E-state index >= 15 is 0 Å². The monoisotopic (exact) mass is 342 g/mol. The second kappa shape index (κ2) is 17.4. The summed E-state index contributed by atoms with van der Waals surface area (Å²) in [6, 6.07) is 0. The Kier molecular flexibility index (Phi) is 20.5. The van der Waals surface area contributed by atoms with Gasteiger partial charge in [-0.05, 0) is 5.54 Å². The summed E-state index contributed by atoms with van der Waals surface area (Å²) in [5.74, 6) is -1.49. The van der Waals surface area contributed by atoms with Crippen LogP contribution in [0, 0.1) is 0 Å². The van der Waals surface area contributed by atoms with Crippen LogP contribution in [0.2, 0.25) is 0 Å². The van der Waals surface area contributed by atoms with Crippen LogP contribution in [-0.2, 0) is 23.9 Å². The van der Waals surface area contributed by atoms with Crippen LogP contribution in [0.3, 0.4) is 0 Å². The van der Waals surface area contributed by atoms with Gasteiger partial charge in [0, 0.05) is 19.1 Å². The third kappa shape index (κ3) is 36.0. The molecule has 1 aliphatic heterocycles. The number of carbonyl (C=O) groups is 3. The minimum atomic E-state index is -0.579. The molecule has 0 bridgehead atoms. The Balaban J connectivity index is -0.000000204. The molecule has 0 fully saturated rings. The van der Waals surface area contributed by atoms with Gasteiger partial charge < -0.3 is 9.47 Å². The van der Waals surface area contributed by atoms with Crippen molar-refractivity contribution in [3.05, 3.63) is 48.2 Å². The van der Waals surface area contributed by atoms with Gasteiger partial charge in [-0.25, -0.2) is 9.59 Å². The molecule has 0 aromatic heterocycles. The number of ether oxygens (including phenoxy) is 2. The molecule has 0 aliphatic carbocycles. The SMILES string of the molecule is C=C(Cl)Cl.C=CCl.C=COC(C)=O.O=C1C=CC(=O)O1. The Morgan fingerprint density at radius 1 is 1.25 bits per heavy atom. The smallest absolute Gasteiger partial charge is 0.338 e. The quantitative estimate of drug-likeness (QED) is 0.413. The van der Waals surface area contributed by atoms with Crippen LogP contribution >= 0.6 is 34.8 Å². The minimum absolute atomic E-state index is 0.111. The van der Waals surface area contributed by atoms with Gasteiger partial charge in [0.05, 0.1) is 10.8 Å². The molecule has 112 valence electrons. The number of hydrogen-bond donors (Lipinski definition) is 0. The van der Waals surface area contributed by atoms with E-state index in [1.54, 1.807) is 0 Å². The average molecular weight is 344 g/mol. The largest absolute Gasteiger partial charge is 0.435 e. The Morgan fingerprint density at radius 3 is 1.60 bits per heavy atom. The molecule has 0 aromatic rings. The molecule has 1 heterocycles. The van der Waals surface area contributed by atoms with Crippen molar-refractivity contribution in [1.82, 2.24) is 0 Å². The Hall–Kier alpha value is -1.56. The van der Waals surface area contributed by atoms with Crippen LogP contribution in [0.4, 0.5) is 0 Å². The van der Waals surface area contributed by atoms with E-state index in [-0.39, 0.29) is 10.5 Å².